The predicted molar refractivity (Wildman–Crippen MR) is 103 cm³/mol. The van der Waals surface area contributed by atoms with Crippen LogP contribution in [-0.2, 0) is 10.0 Å². The Bertz CT molecular complexity index is 915. The molecule has 6 nitrogen and oxygen atoms in total. The van der Waals surface area contributed by atoms with E-state index in [0.29, 0.717) is 24.4 Å². The minimum absolute atomic E-state index is 0.200. The van der Waals surface area contributed by atoms with Crippen LogP contribution in [0, 0.1) is 13.8 Å². The lowest BCUT2D eigenvalue weighted by molar-refractivity contribution is 0.104. The van der Waals surface area contributed by atoms with Gasteiger partial charge in [0.15, 0.2) is 5.78 Å². The average Bonchev–Trinajstić information content (AvgIpc) is 2.86. The maximum absolute atomic E-state index is 12.8. The van der Waals surface area contributed by atoms with Crippen LogP contribution in [0.15, 0.2) is 39.8 Å². The van der Waals surface area contributed by atoms with Gasteiger partial charge in [-0.3, -0.25) is 4.79 Å². The Morgan fingerprint density at radius 1 is 1.07 bits per heavy atom. The van der Waals surface area contributed by atoms with Crippen molar-refractivity contribution in [3.05, 3.63) is 52.9 Å². The molecule has 144 valence electrons. The Morgan fingerprint density at radius 2 is 1.70 bits per heavy atom. The number of aryl methyl sites for hydroxylation is 2. The Morgan fingerprint density at radius 3 is 2.26 bits per heavy atom. The molecule has 3 rings (SSSR count). The van der Waals surface area contributed by atoms with E-state index in [0.717, 1.165) is 36.9 Å². The van der Waals surface area contributed by atoms with Gasteiger partial charge in [-0.05, 0) is 63.1 Å². The van der Waals surface area contributed by atoms with Crippen molar-refractivity contribution in [2.75, 3.05) is 13.1 Å². The second-order valence-electron chi connectivity index (χ2n) is 6.78. The lowest BCUT2D eigenvalue weighted by Gasteiger charge is -2.19. The summed E-state index contributed by atoms with van der Waals surface area (Å²) in [5.41, 5.74) is 1.94. The van der Waals surface area contributed by atoms with Crippen molar-refractivity contribution in [3.63, 3.8) is 0 Å². The van der Waals surface area contributed by atoms with Crippen LogP contribution in [0.4, 0.5) is 0 Å². The molecule has 1 aromatic heterocycles. The fourth-order valence-corrected chi connectivity index (χ4v) is 4.72. The largest absolute Gasteiger partial charge is 0.361 e. The van der Waals surface area contributed by atoms with E-state index in [1.54, 1.807) is 29.4 Å². The molecule has 1 aliphatic rings. The fourth-order valence-electron chi connectivity index (χ4n) is 3.21. The van der Waals surface area contributed by atoms with E-state index in [1.165, 1.54) is 18.2 Å². The van der Waals surface area contributed by atoms with E-state index in [-0.39, 0.29) is 10.7 Å². The van der Waals surface area contributed by atoms with Gasteiger partial charge in [0.2, 0.25) is 10.0 Å². The van der Waals surface area contributed by atoms with Crippen molar-refractivity contribution in [2.24, 2.45) is 0 Å². The van der Waals surface area contributed by atoms with Crippen LogP contribution in [0.1, 0.15) is 53.1 Å². The number of sulfonamides is 1. The van der Waals surface area contributed by atoms with E-state index in [2.05, 4.69) is 5.16 Å². The molecule has 2 heterocycles. The SMILES string of the molecule is Cc1noc(C)c1/C=C\C(=O)c1ccc(S(=O)(=O)N2CCCCCC2)cc1. The maximum Gasteiger partial charge on any atom is 0.243 e. The molecule has 0 aliphatic carbocycles. The van der Waals surface area contributed by atoms with Crippen LogP contribution < -0.4 is 0 Å². The average molecular weight is 388 g/mol. The van der Waals surface area contributed by atoms with E-state index in [1.807, 2.05) is 6.92 Å². The molecule has 0 saturated carbocycles. The highest BCUT2D eigenvalue weighted by Gasteiger charge is 2.25. The summed E-state index contributed by atoms with van der Waals surface area (Å²) in [5.74, 6) is 0.448. The normalized spacial score (nSPS) is 16.5. The third kappa shape index (κ3) is 4.36. The van der Waals surface area contributed by atoms with E-state index < -0.39 is 10.0 Å². The minimum atomic E-state index is -3.50. The van der Waals surface area contributed by atoms with Gasteiger partial charge < -0.3 is 4.52 Å². The zero-order valence-corrected chi connectivity index (χ0v) is 16.5. The minimum Gasteiger partial charge on any atom is -0.361 e. The molecule has 1 saturated heterocycles. The molecule has 0 spiro atoms. The van der Waals surface area contributed by atoms with Gasteiger partial charge >= 0.3 is 0 Å². The highest BCUT2D eigenvalue weighted by atomic mass is 32.2. The second kappa shape index (κ2) is 8.19. The van der Waals surface area contributed by atoms with E-state index in [4.69, 9.17) is 4.52 Å². The lowest BCUT2D eigenvalue weighted by Crippen LogP contribution is -2.31. The van der Waals surface area contributed by atoms with Gasteiger partial charge in [-0.1, -0.05) is 18.0 Å². The number of nitrogens with zero attached hydrogens (tertiary/aromatic N) is 2. The molecule has 7 heteroatoms. The van der Waals surface area contributed by atoms with Crippen LogP contribution in [0.2, 0.25) is 0 Å². The first-order valence-electron chi connectivity index (χ1n) is 9.15. The molecule has 1 aliphatic heterocycles. The van der Waals surface area contributed by atoms with E-state index in [9.17, 15) is 13.2 Å². The third-order valence-corrected chi connectivity index (χ3v) is 6.74. The van der Waals surface area contributed by atoms with Gasteiger partial charge in [0.1, 0.15) is 5.76 Å². The summed E-state index contributed by atoms with van der Waals surface area (Å²) >= 11 is 0. The highest BCUT2D eigenvalue weighted by Crippen LogP contribution is 2.21. The summed E-state index contributed by atoms with van der Waals surface area (Å²) in [7, 11) is -3.50. The number of hydrogen-bond donors (Lipinski definition) is 0. The quantitative estimate of drug-likeness (QED) is 0.576. The van der Waals surface area contributed by atoms with Gasteiger partial charge in [0, 0.05) is 24.2 Å². The summed E-state index contributed by atoms with van der Waals surface area (Å²) < 4.78 is 32.2. The Kier molecular flexibility index (Phi) is 5.92. The summed E-state index contributed by atoms with van der Waals surface area (Å²) in [6, 6.07) is 6.14. The smallest absolute Gasteiger partial charge is 0.243 e. The number of hydrogen-bond acceptors (Lipinski definition) is 5. The monoisotopic (exact) mass is 388 g/mol. The zero-order valence-electron chi connectivity index (χ0n) is 15.6. The molecular formula is C20H24N2O4S. The fraction of sp³-hybridized carbons (Fsp3) is 0.400. The molecular weight excluding hydrogens is 364 g/mol. The Labute approximate surface area is 159 Å². The van der Waals surface area contributed by atoms with Crippen molar-refractivity contribution in [3.8, 4) is 0 Å². The molecule has 1 fully saturated rings. The van der Waals surface area contributed by atoms with Crippen molar-refractivity contribution < 1.29 is 17.7 Å². The summed E-state index contributed by atoms with van der Waals surface area (Å²) in [6.07, 6.45) is 7.04. The molecule has 0 bridgehead atoms. The highest BCUT2D eigenvalue weighted by molar-refractivity contribution is 7.89. The first-order chi connectivity index (χ1) is 12.9. The van der Waals surface area contributed by atoms with Crippen LogP contribution in [0.25, 0.3) is 6.08 Å². The van der Waals surface area contributed by atoms with Gasteiger partial charge in [-0.25, -0.2) is 8.42 Å². The maximum atomic E-state index is 12.8. The zero-order chi connectivity index (χ0) is 19.4. The number of ketones is 1. The van der Waals surface area contributed by atoms with Gasteiger partial charge in [-0.2, -0.15) is 4.31 Å². The Balaban J connectivity index is 1.75. The van der Waals surface area contributed by atoms with Crippen molar-refractivity contribution in [1.29, 1.82) is 0 Å². The predicted octanol–water partition coefficient (Wildman–Crippen LogP) is 3.75. The molecule has 0 radical (unpaired) electrons. The molecule has 0 N–H and O–H groups in total. The first kappa shape index (κ1) is 19.5. The summed E-state index contributed by atoms with van der Waals surface area (Å²) in [5, 5.41) is 3.85. The second-order valence-corrected chi connectivity index (χ2v) is 8.72. The van der Waals surface area contributed by atoms with Crippen molar-refractivity contribution in [1.82, 2.24) is 9.46 Å². The summed E-state index contributed by atoms with van der Waals surface area (Å²) in [4.78, 5) is 12.6. The standard InChI is InChI=1S/C20H24N2O4S/c1-15-19(16(2)26-21-15)11-12-20(23)17-7-9-18(10-8-17)27(24,25)22-13-5-3-4-6-14-22/h7-12H,3-6,13-14H2,1-2H3/b12-11-. The van der Waals surface area contributed by atoms with Gasteiger partial charge in [0.25, 0.3) is 0 Å². The molecule has 0 atom stereocenters. The summed E-state index contributed by atoms with van der Waals surface area (Å²) in [6.45, 7) is 4.71. The number of carbonyl (C=O) groups is 1. The first-order valence-corrected chi connectivity index (χ1v) is 10.6. The molecule has 27 heavy (non-hydrogen) atoms. The van der Waals surface area contributed by atoms with Crippen LogP contribution >= 0.6 is 0 Å². The van der Waals surface area contributed by atoms with Crippen molar-refractivity contribution in [2.45, 2.75) is 44.4 Å². The molecule has 0 unspecified atom stereocenters. The molecule has 2 aromatic rings. The number of carbonyl (C=O) groups excluding carboxylic acids is 1. The Hall–Kier alpha value is -2.25. The molecule has 1 aromatic carbocycles. The number of rotatable bonds is 5. The van der Waals surface area contributed by atoms with Gasteiger partial charge in [-0.15, -0.1) is 0 Å². The third-order valence-electron chi connectivity index (χ3n) is 4.83. The number of benzene rings is 1. The molecule has 0 amide bonds. The number of allylic oxidation sites excluding steroid dienone is 1. The van der Waals surface area contributed by atoms with Crippen LogP contribution in [0.5, 0.6) is 0 Å². The van der Waals surface area contributed by atoms with Crippen LogP contribution in [0.3, 0.4) is 0 Å². The van der Waals surface area contributed by atoms with Crippen molar-refractivity contribution >= 4 is 21.9 Å². The van der Waals surface area contributed by atoms with Gasteiger partial charge in [0.05, 0.1) is 10.6 Å². The lowest BCUT2D eigenvalue weighted by atomic mass is 10.1. The number of aromatic nitrogens is 1. The van der Waals surface area contributed by atoms with E-state index >= 15 is 0 Å². The topological polar surface area (TPSA) is 80.5 Å². The van der Waals surface area contributed by atoms with Crippen LogP contribution in [-0.4, -0.2) is 36.8 Å².